The van der Waals surface area contributed by atoms with Crippen molar-refractivity contribution in [3.05, 3.63) is 23.4 Å². The zero-order valence-electron chi connectivity index (χ0n) is 12.5. The van der Waals surface area contributed by atoms with E-state index in [0.29, 0.717) is 0 Å². The summed E-state index contributed by atoms with van der Waals surface area (Å²) < 4.78 is 48.5. The number of carbonyl (C=O) groups is 1. The van der Waals surface area contributed by atoms with Gasteiger partial charge >= 0.3 is 12.1 Å². The third-order valence-electron chi connectivity index (χ3n) is 2.63. The van der Waals surface area contributed by atoms with E-state index in [4.69, 9.17) is 4.74 Å². The van der Waals surface area contributed by atoms with E-state index in [2.05, 4.69) is 9.72 Å². The third kappa shape index (κ3) is 4.61. The first kappa shape index (κ1) is 17.3. The van der Waals surface area contributed by atoms with Crippen molar-refractivity contribution < 1.29 is 27.4 Å². The van der Waals surface area contributed by atoms with Crippen LogP contribution in [0.3, 0.4) is 0 Å². The van der Waals surface area contributed by atoms with Gasteiger partial charge in [0, 0.05) is 6.20 Å². The molecule has 0 radical (unpaired) electrons. The Balaban J connectivity index is 3.12. The first-order chi connectivity index (χ1) is 9.45. The second-order valence-electron chi connectivity index (χ2n) is 5.58. The van der Waals surface area contributed by atoms with E-state index in [0.717, 1.165) is 13.2 Å². The van der Waals surface area contributed by atoms with Crippen molar-refractivity contribution in [2.75, 3.05) is 7.11 Å². The molecule has 0 aliphatic rings. The van der Waals surface area contributed by atoms with Gasteiger partial charge in [0.2, 0.25) is 5.88 Å². The van der Waals surface area contributed by atoms with Crippen molar-refractivity contribution in [1.82, 2.24) is 4.98 Å². The number of hydrogen-bond donors (Lipinski definition) is 0. The van der Waals surface area contributed by atoms with Crippen LogP contribution in [0.2, 0.25) is 0 Å². The summed E-state index contributed by atoms with van der Waals surface area (Å²) in [5.41, 5.74) is -1.60. The van der Waals surface area contributed by atoms with Crippen LogP contribution in [0.1, 0.15) is 44.7 Å². The first-order valence-electron chi connectivity index (χ1n) is 6.29. The molecule has 1 atom stereocenters. The molecule has 1 unspecified atom stereocenters. The van der Waals surface area contributed by atoms with Gasteiger partial charge in [0.15, 0.2) is 0 Å². The lowest BCUT2D eigenvalue weighted by atomic mass is 10.0. The van der Waals surface area contributed by atoms with Crippen molar-refractivity contribution in [1.29, 1.82) is 0 Å². The Labute approximate surface area is 121 Å². The zero-order chi connectivity index (χ0) is 16.4. The van der Waals surface area contributed by atoms with Gasteiger partial charge in [-0.15, -0.1) is 0 Å². The molecule has 21 heavy (non-hydrogen) atoms. The Morgan fingerprint density at radius 3 is 2.29 bits per heavy atom. The van der Waals surface area contributed by atoms with E-state index < -0.39 is 35.1 Å². The van der Waals surface area contributed by atoms with Crippen molar-refractivity contribution in [3.63, 3.8) is 0 Å². The highest BCUT2D eigenvalue weighted by molar-refractivity contribution is 5.78. The molecule has 1 aromatic rings. The number of pyridine rings is 1. The number of alkyl halides is 3. The number of halogens is 3. The smallest absolute Gasteiger partial charge is 0.421 e. The maximum absolute atomic E-state index is 12.9. The SMILES string of the molecule is COc1ncc(C(C)C(=O)OC(C)(C)C)cc1C(F)(F)F. The van der Waals surface area contributed by atoms with Crippen LogP contribution in [0.15, 0.2) is 12.3 Å². The van der Waals surface area contributed by atoms with Crippen molar-refractivity contribution in [3.8, 4) is 5.88 Å². The average molecular weight is 305 g/mol. The Kier molecular flexibility index (Phi) is 4.86. The van der Waals surface area contributed by atoms with Gasteiger partial charge in [0.1, 0.15) is 11.2 Å². The minimum absolute atomic E-state index is 0.123. The predicted octanol–water partition coefficient (Wildman–Crippen LogP) is 3.55. The minimum atomic E-state index is -4.61. The maximum Gasteiger partial charge on any atom is 0.421 e. The molecule has 7 heteroatoms. The van der Waals surface area contributed by atoms with Crippen molar-refractivity contribution in [2.24, 2.45) is 0 Å². The van der Waals surface area contributed by atoms with Crippen LogP contribution in [-0.4, -0.2) is 23.7 Å². The van der Waals surface area contributed by atoms with Gasteiger partial charge in [-0.25, -0.2) is 4.98 Å². The lowest BCUT2D eigenvalue weighted by Gasteiger charge is -2.22. The Bertz CT molecular complexity index is 521. The fraction of sp³-hybridized carbons (Fsp3) is 0.571. The monoisotopic (exact) mass is 305 g/mol. The molecule has 118 valence electrons. The summed E-state index contributed by atoms with van der Waals surface area (Å²) in [5.74, 6) is -1.99. The molecule has 0 saturated carbocycles. The van der Waals surface area contributed by atoms with Crippen LogP contribution in [0.25, 0.3) is 0 Å². The van der Waals surface area contributed by atoms with Gasteiger partial charge in [0.05, 0.1) is 13.0 Å². The minimum Gasteiger partial charge on any atom is -0.481 e. The summed E-state index contributed by atoms with van der Waals surface area (Å²) in [6, 6.07) is 0.862. The summed E-state index contributed by atoms with van der Waals surface area (Å²) in [6.07, 6.45) is -3.43. The number of esters is 1. The second kappa shape index (κ2) is 5.91. The van der Waals surface area contributed by atoms with Crippen molar-refractivity contribution in [2.45, 2.75) is 45.4 Å². The van der Waals surface area contributed by atoms with Crippen LogP contribution < -0.4 is 4.74 Å². The van der Waals surface area contributed by atoms with Gasteiger partial charge in [-0.05, 0) is 39.3 Å². The van der Waals surface area contributed by atoms with Gasteiger partial charge < -0.3 is 9.47 Å². The van der Waals surface area contributed by atoms with Crippen LogP contribution in [-0.2, 0) is 15.7 Å². The summed E-state index contributed by atoms with van der Waals surface area (Å²) in [6.45, 7) is 6.53. The predicted molar refractivity (Wildman–Crippen MR) is 70.1 cm³/mol. The number of methoxy groups -OCH3 is 1. The molecule has 1 heterocycles. The Morgan fingerprint density at radius 2 is 1.86 bits per heavy atom. The summed E-state index contributed by atoms with van der Waals surface area (Å²) in [5, 5.41) is 0. The topological polar surface area (TPSA) is 48.4 Å². The van der Waals surface area contributed by atoms with E-state index >= 15 is 0 Å². The third-order valence-corrected chi connectivity index (χ3v) is 2.63. The Morgan fingerprint density at radius 1 is 1.29 bits per heavy atom. The van der Waals surface area contributed by atoms with E-state index in [-0.39, 0.29) is 5.56 Å². The van der Waals surface area contributed by atoms with Crippen LogP contribution >= 0.6 is 0 Å². The largest absolute Gasteiger partial charge is 0.481 e. The fourth-order valence-corrected chi connectivity index (χ4v) is 1.60. The molecule has 0 amide bonds. The summed E-state index contributed by atoms with van der Waals surface area (Å²) in [4.78, 5) is 15.5. The highest BCUT2D eigenvalue weighted by atomic mass is 19.4. The lowest BCUT2D eigenvalue weighted by molar-refractivity contribution is -0.156. The average Bonchev–Trinajstić information content (AvgIpc) is 2.34. The van der Waals surface area contributed by atoms with E-state index in [9.17, 15) is 18.0 Å². The molecule has 0 bridgehead atoms. The molecule has 0 aromatic carbocycles. The van der Waals surface area contributed by atoms with Crippen molar-refractivity contribution >= 4 is 5.97 Å². The zero-order valence-corrected chi connectivity index (χ0v) is 12.5. The number of aromatic nitrogens is 1. The van der Waals surface area contributed by atoms with E-state index in [1.807, 2.05) is 0 Å². The molecule has 0 aliphatic heterocycles. The van der Waals surface area contributed by atoms with E-state index in [1.165, 1.54) is 13.1 Å². The van der Waals surface area contributed by atoms with Crippen LogP contribution in [0.4, 0.5) is 13.2 Å². The molecule has 0 aliphatic carbocycles. The van der Waals surface area contributed by atoms with Gasteiger partial charge in [-0.3, -0.25) is 4.79 Å². The molecule has 0 N–H and O–H groups in total. The number of carbonyl (C=O) groups excluding carboxylic acids is 1. The molecular formula is C14H18F3NO3. The normalized spacial score (nSPS) is 13.7. The number of ether oxygens (including phenoxy) is 2. The Hall–Kier alpha value is -1.79. The fourth-order valence-electron chi connectivity index (χ4n) is 1.60. The van der Waals surface area contributed by atoms with Gasteiger partial charge in [-0.2, -0.15) is 13.2 Å². The second-order valence-corrected chi connectivity index (χ2v) is 5.58. The number of hydrogen-bond acceptors (Lipinski definition) is 4. The molecule has 1 rings (SSSR count). The molecule has 1 aromatic heterocycles. The molecular weight excluding hydrogens is 287 g/mol. The summed E-state index contributed by atoms with van der Waals surface area (Å²) in [7, 11) is 1.11. The quantitative estimate of drug-likeness (QED) is 0.801. The maximum atomic E-state index is 12.9. The highest BCUT2D eigenvalue weighted by Crippen LogP contribution is 2.36. The lowest BCUT2D eigenvalue weighted by Crippen LogP contribution is -2.27. The van der Waals surface area contributed by atoms with Crippen LogP contribution in [0, 0.1) is 0 Å². The number of nitrogens with zero attached hydrogens (tertiary/aromatic N) is 1. The number of rotatable bonds is 3. The molecule has 4 nitrogen and oxygen atoms in total. The van der Waals surface area contributed by atoms with Gasteiger partial charge in [-0.1, -0.05) is 0 Å². The highest BCUT2D eigenvalue weighted by Gasteiger charge is 2.36. The van der Waals surface area contributed by atoms with E-state index in [1.54, 1.807) is 20.8 Å². The molecule has 0 saturated heterocycles. The molecule has 0 spiro atoms. The first-order valence-corrected chi connectivity index (χ1v) is 6.29. The summed E-state index contributed by atoms with van der Waals surface area (Å²) >= 11 is 0. The van der Waals surface area contributed by atoms with Crippen LogP contribution in [0.5, 0.6) is 5.88 Å². The standard InChI is InChI=1S/C14H18F3NO3/c1-8(12(19)21-13(2,3)4)9-6-10(14(15,16)17)11(20-5)18-7-9/h6-8H,1-5H3. The molecule has 0 fully saturated rings. The van der Waals surface area contributed by atoms with Gasteiger partial charge in [0.25, 0.3) is 0 Å².